The van der Waals surface area contributed by atoms with Crippen LogP contribution in [-0.2, 0) is 0 Å². The Hall–Kier alpha value is -1.00. The first-order valence-electron chi connectivity index (χ1n) is 7.86. The van der Waals surface area contributed by atoms with Gasteiger partial charge in [0.15, 0.2) is 0 Å². The zero-order chi connectivity index (χ0) is 15.6. The third kappa shape index (κ3) is 3.43. The average molecular weight is 296 g/mol. The predicted octanol–water partition coefficient (Wildman–Crippen LogP) is 4.24. The zero-order valence-corrected chi connectivity index (χ0v) is 13.1. The van der Waals surface area contributed by atoms with Crippen LogP contribution in [0, 0.1) is 36.3 Å². The van der Waals surface area contributed by atoms with Crippen LogP contribution in [0.2, 0.25) is 0 Å². The SMILES string of the molecule is Cc1ccc(F)c(C(NN)C2CCC(C(C)C)CC2)c1F. The molecular weight excluding hydrogens is 270 g/mol. The molecule has 1 aliphatic carbocycles. The molecule has 1 atom stereocenters. The lowest BCUT2D eigenvalue weighted by molar-refractivity contribution is 0.185. The minimum absolute atomic E-state index is 0.102. The highest BCUT2D eigenvalue weighted by atomic mass is 19.1. The first-order chi connectivity index (χ1) is 9.95. The van der Waals surface area contributed by atoms with E-state index >= 15 is 0 Å². The maximum atomic E-state index is 14.3. The molecular formula is C17H26F2N2. The van der Waals surface area contributed by atoms with Crippen molar-refractivity contribution in [2.75, 3.05) is 0 Å². The highest BCUT2D eigenvalue weighted by Crippen LogP contribution is 2.40. The maximum Gasteiger partial charge on any atom is 0.133 e. The molecule has 0 aromatic heterocycles. The lowest BCUT2D eigenvalue weighted by Crippen LogP contribution is -2.37. The number of halogens is 2. The summed E-state index contributed by atoms with van der Waals surface area (Å²) in [5.41, 5.74) is 3.22. The maximum absolute atomic E-state index is 14.3. The molecule has 0 amide bonds. The van der Waals surface area contributed by atoms with Crippen LogP contribution >= 0.6 is 0 Å². The lowest BCUT2D eigenvalue weighted by Gasteiger charge is -2.35. The molecule has 1 saturated carbocycles. The van der Waals surface area contributed by atoms with Crippen LogP contribution in [0.4, 0.5) is 8.78 Å². The summed E-state index contributed by atoms with van der Waals surface area (Å²) in [4.78, 5) is 0. The summed E-state index contributed by atoms with van der Waals surface area (Å²) in [7, 11) is 0. The Morgan fingerprint density at radius 2 is 1.67 bits per heavy atom. The number of benzene rings is 1. The summed E-state index contributed by atoms with van der Waals surface area (Å²) in [6, 6.07) is 2.35. The van der Waals surface area contributed by atoms with Gasteiger partial charge in [0.25, 0.3) is 0 Å². The number of hydrogen-bond acceptors (Lipinski definition) is 2. The van der Waals surface area contributed by atoms with Crippen molar-refractivity contribution in [2.45, 2.75) is 52.5 Å². The molecule has 0 bridgehead atoms. The molecule has 1 fully saturated rings. The fourth-order valence-corrected chi connectivity index (χ4v) is 3.56. The van der Waals surface area contributed by atoms with Gasteiger partial charge < -0.3 is 0 Å². The van der Waals surface area contributed by atoms with Crippen molar-refractivity contribution in [3.63, 3.8) is 0 Å². The van der Waals surface area contributed by atoms with Gasteiger partial charge >= 0.3 is 0 Å². The normalized spacial score (nSPS) is 24.3. The molecule has 1 aliphatic rings. The van der Waals surface area contributed by atoms with Crippen LogP contribution in [0.3, 0.4) is 0 Å². The molecule has 118 valence electrons. The zero-order valence-electron chi connectivity index (χ0n) is 13.1. The molecule has 1 aromatic carbocycles. The van der Waals surface area contributed by atoms with Crippen LogP contribution in [0.1, 0.15) is 56.7 Å². The van der Waals surface area contributed by atoms with Crippen LogP contribution in [0.5, 0.6) is 0 Å². The van der Waals surface area contributed by atoms with Gasteiger partial charge in [0.1, 0.15) is 11.6 Å². The monoisotopic (exact) mass is 296 g/mol. The van der Waals surface area contributed by atoms with Gasteiger partial charge in [0, 0.05) is 5.56 Å². The molecule has 21 heavy (non-hydrogen) atoms. The molecule has 0 spiro atoms. The van der Waals surface area contributed by atoms with Crippen LogP contribution in [0.15, 0.2) is 12.1 Å². The van der Waals surface area contributed by atoms with Crippen molar-refractivity contribution in [3.05, 3.63) is 34.9 Å². The Balaban J connectivity index is 2.20. The van der Waals surface area contributed by atoms with Gasteiger partial charge in [-0.15, -0.1) is 0 Å². The molecule has 1 unspecified atom stereocenters. The number of nitrogens with one attached hydrogen (secondary N) is 1. The van der Waals surface area contributed by atoms with Gasteiger partial charge in [-0.1, -0.05) is 19.9 Å². The Morgan fingerprint density at radius 3 is 2.19 bits per heavy atom. The second-order valence-corrected chi connectivity index (χ2v) is 6.66. The number of rotatable bonds is 4. The Bertz CT molecular complexity index is 480. The van der Waals surface area contributed by atoms with Crippen molar-refractivity contribution in [3.8, 4) is 0 Å². The lowest BCUT2D eigenvalue weighted by atomic mass is 9.73. The smallest absolute Gasteiger partial charge is 0.133 e. The summed E-state index contributed by atoms with van der Waals surface area (Å²) in [5.74, 6) is 6.23. The largest absolute Gasteiger partial charge is 0.271 e. The Labute approximate surface area is 126 Å². The van der Waals surface area contributed by atoms with Crippen molar-refractivity contribution in [1.29, 1.82) is 0 Å². The summed E-state index contributed by atoms with van der Waals surface area (Å²) < 4.78 is 28.4. The molecule has 1 aromatic rings. The summed E-state index contributed by atoms with van der Waals surface area (Å²) in [5, 5.41) is 0. The summed E-state index contributed by atoms with van der Waals surface area (Å²) >= 11 is 0. The second-order valence-electron chi connectivity index (χ2n) is 6.66. The van der Waals surface area contributed by atoms with E-state index < -0.39 is 17.7 Å². The van der Waals surface area contributed by atoms with Gasteiger partial charge in [-0.05, 0) is 62.0 Å². The summed E-state index contributed by atoms with van der Waals surface area (Å²) in [6.45, 7) is 6.13. The van der Waals surface area contributed by atoms with E-state index in [2.05, 4.69) is 19.3 Å². The molecule has 4 heteroatoms. The average Bonchev–Trinajstić information content (AvgIpc) is 2.48. The van der Waals surface area contributed by atoms with E-state index in [1.54, 1.807) is 6.92 Å². The fraction of sp³-hybridized carbons (Fsp3) is 0.647. The minimum atomic E-state index is -0.507. The van der Waals surface area contributed by atoms with E-state index in [1.165, 1.54) is 12.1 Å². The fourth-order valence-electron chi connectivity index (χ4n) is 3.56. The van der Waals surface area contributed by atoms with E-state index in [0.717, 1.165) is 25.7 Å². The first kappa shape index (κ1) is 16.4. The standard InChI is InChI=1S/C17H26F2N2/c1-10(2)12-5-7-13(8-6-12)17(21-20)15-14(18)9-4-11(3)16(15)19/h4,9-10,12-13,17,21H,5-8,20H2,1-3H3. The van der Waals surface area contributed by atoms with Crippen LogP contribution < -0.4 is 11.3 Å². The van der Waals surface area contributed by atoms with Gasteiger partial charge in [-0.25, -0.2) is 8.78 Å². The molecule has 0 radical (unpaired) electrons. The van der Waals surface area contributed by atoms with E-state index in [9.17, 15) is 8.78 Å². The molecule has 0 heterocycles. The molecule has 3 N–H and O–H groups in total. The molecule has 0 saturated heterocycles. The van der Waals surface area contributed by atoms with Gasteiger partial charge in [0.05, 0.1) is 6.04 Å². The van der Waals surface area contributed by atoms with Gasteiger partial charge in [0.2, 0.25) is 0 Å². The van der Waals surface area contributed by atoms with E-state index in [-0.39, 0.29) is 11.5 Å². The highest BCUT2D eigenvalue weighted by Gasteiger charge is 2.32. The molecule has 0 aliphatic heterocycles. The summed E-state index contributed by atoms with van der Waals surface area (Å²) in [6.07, 6.45) is 4.14. The van der Waals surface area contributed by atoms with Crippen molar-refractivity contribution < 1.29 is 8.78 Å². The van der Waals surface area contributed by atoms with E-state index in [1.807, 2.05) is 0 Å². The second kappa shape index (κ2) is 6.84. The molecule has 2 nitrogen and oxygen atoms in total. The third-order valence-electron chi connectivity index (χ3n) is 5.04. The van der Waals surface area contributed by atoms with E-state index in [0.29, 0.717) is 17.4 Å². The predicted molar refractivity (Wildman–Crippen MR) is 81.4 cm³/mol. The highest BCUT2D eigenvalue weighted by molar-refractivity contribution is 5.29. The quantitative estimate of drug-likeness (QED) is 0.644. The van der Waals surface area contributed by atoms with Crippen LogP contribution in [0.25, 0.3) is 0 Å². The first-order valence-corrected chi connectivity index (χ1v) is 7.86. The number of aryl methyl sites for hydroxylation is 1. The topological polar surface area (TPSA) is 38.0 Å². The van der Waals surface area contributed by atoms with Crippen LogP contribution in [-0.4, -0.2) is 0 Å². The van der Waals surface area contributed by atoms with E-state index in [4.69, 9.17) is 5.84 Å². The Morgan fingerprint density at radius 1 is 1.10 bits per heavy atom. The van der Waals surface area contributed by atoms with Crippen molar-refractivity contribution >= 4 is 0 Å². The van der Waals surface area contributed by atoms with Gasteiger partial charge in [-0.3, -0.25) is 11.3 Å². The van der Waals surface area contributed by atoms with Crippen molar-refractivity contribution in [2.24, 2.45) is 23.6 Å². The molecule has 2 rings (SSSR count). The Kier molecular flexibility index (Phi) is 5.33. The number of hydrogen-bond donors (Lipinski definition) is 2. The number of nitrogens with two attached hydrogens (primary N) is 1. The number of hydrazine groups is 1. The van der Waals surface area contributed by atoms with Crippen molar-refractivity contribution in [1.82, 2.24) is 5.43 Å². The minimum Gasteiger partial charge on any atom is -0.271 e. The van der Waals surface area contributed by atoms with Gasteiger partial charge in [-0.2, -0.15) is 0 Å². The third-order valence-corrected chi connectivity index (χ3v) is 5.04.